The van der Waals surface area contributed by atoms with Crippen LogP contribution in [0.15, 0.2) is 46.5 Å². The van der Waals surface area contributed by atoms with Gasteiger partial charge in [-0.1, -0.05) is 107 Å². The normalized spacial score (nSPS) is 12.8. The molecule has 0 radical (unpaired) electrons. The number of benzene rings is 2. The molecule has 0 saturated heterocycles. The van der Waals surface area contributed by atoms with Gasteiger partial charge in [0.15, 0.2) is 5.82 Å². The molecule has 248 valence electrons. The van der Waals surface area contributed by atoms with E-state index < -0.39 is 0 Å². The second kappa shape index (κ2) is 17.8. The molecule has 1 aromatic heterocycles. The zero-order chi connectivity index (χ0) is 34.2. The van der Waals surface area contributed by atoms with Crippen molar-refractivity contribution >= 4 is 43.0 Å². The van der Waals surface area contributed by atoms with Gasteiger partial charge in [-0.2, -0.15) is 0 Å². The molecule has 7 heteroatoms. The van der Waals surface area contributed by atoms with Crippen LogP contribution in [0.1, 0.15) is 177 Å². The van der Waals surface area contributed by atoms with Crippen LogP contribution in [-0.4, -0.2) is 21.4 Å². The predicted octanol–water partition coefficient (Wildman–Crippen LogP) is 12.9. The van der Waals surface area contributed by atoms with Gasteiger partial charge in [0, 0.05) is 6.20 Å². The van der Waals surface area contributed by atoms with Crippen LogP contribution in [0.3, 0.4) is 0 Å². The number of hydrogen-bond donors (Lipinski definition) is 0. The fraction of sp³-hybridized carbons (Fsp3) is 0.526. The topological polar surface area (TPSA) is 50.5 Å². The van der Waals surface area contributed by atoms with Crippen LogP contribution < -0.4 is 0 Å². The first-order valence-electron chi connectivity index (χ1n) is 16.2. The molecule has 0 aliphatic carbocycles. The number of aliphatic imine (C=N–C) groups is 2. The average Bonchev–Trinajstić information content (AvgIpc) is 2.96. The SMILES string of the molecule is CC(=Nc1c(C(C)C)cc(C(C)C)cc1C(C)C)c1ccnc(C(C)=Nc2c(C(C)C)cc(C(C)C)cc2C(C)C)n1.[Cl][Fe][Cl]. The summed E-state index contributed by atoms with van der Waals surface area (Å²) in [5.74, 6) is 3.05. The predicted molar refractivity (Wildman–Crippen MR) is 195 cm³/mol. The van der Waals surface area contributed by atoms with Gasteiger partial charge in [0.2, 0.25) is 0 Å². The third-order valence-electron chi connectivity index (χ3n) is 8.11. The van der Waals surface area contributed by atoms with Gasteiger partial charge in [0.05, 0.1) is 28.5 Å². The Morgan fingerprint density at radius 1 is 0.578 bits per heavy atom. The van der Waals surface area contributed by atoms with Crippen LogP contribution in [0.5, 0.6) is 0 Å². The monoisotopic (exact) mass is 692 g/mol. The van der Waals surface area contributed by atoms with Crippen molar-refractivity contribution in [3.8, 4) is 0 Å². The number of rotatable bonds is 10. The van der Waals surface area contributed by atoms with E-state index in [-0.39, 0.29) is 13.1 Å². The first kappa shape index (κ1) is 39.1. The fourth-order valence-electron chi connectivity index (χ4n) is 5.27. The minimum atomic E-state index is 0.194. The zero-order valence-corrected chi connectivity index (χ0v) is 32.4. The molecule has 3 rings (SSSR count). The van der Waals surface area contributed by atoms with E-state index in [1.807, 2.05) is 19.2 Å². The number of aromatic nitrogens is 2. The number of halogens is 2. The molecule has 0 spiro atoms. The van der Waals surface area contributed by atoms with Gasteiger partial charge in [0.25, 0.3) is 0 Å². The van der Waals surface area contributed by atoms with Crippen LogP contribution in [0, 0.1) is 0 Å². The molecule has 4 nitrogen and oxygen atoms in total. The molecule has 0 N–H and O–H groups in total. The Morgan fingerprint density at radius 2 is 0.911 bits per heavy atom. The average molecular weight is 694 g/mol. The molecule has 0 aliphatic heterocycles. The summed E-state index contributed by atoms with van der Waals surface area (Å²) in [5.41, 5.74) is 12.6. The Balaban J connectivity index is 0.00000226. The van der Waals surface area contributed by atoms with Crippen LogP contribution in [0.4, 0.5) is 11.4 Å². The summed E-state index contributed by atoms with van der Waals surface area (Å²) in [7, 11) is 9.53. The molecule has 0 fully saturated rings. The molecule has 0 bridgehead atoms. The third kappa shape index (κ3) is 10.5. The minimum absolute atomic E-state index is 0.194. The summed E-state index contributed by atoms with van der Waals surface area (Å²) in [4.78, 5) is 20.1. The van der Waals surface area contributed by atoms with Gasteiger partial charge in [-0.05, 0) is 88.8 Å². The summed E-state index contributed by atoms with van der Waals surface area (Å²) in [6.45, 7) is 31.1. The molecular weight excluding hydrogens is 639 g/mol. The molecular formula is C38H54Cl2FeN4. The van der Waals surface area contributed by atoms with E-state index in [1.54, 1.807) is 0 Å². The maximum absolute atomic E-state index is 5.24. The summed E-state index contributed by atoms with van der Waals surface area (Å²) in [5, 5.41) is 0. The van der Waals surface area contributed by atoms with E-state index in [9.17, 15) is 0 Å². The third-order valence-corrected chi connectivity index (χ3v) is 8.11. The number of hydrogen-bond acceptors (Lipinski definition) is 4. The van der Waals surface area contributed by atoms with Crippen LogP contribution in [0.2, 0.25) is 0 Å². The Kier molecular flexibility index (Phi) is 15.4. The van der Waals surface area contributed by atoms with Gasteiger partial charge >= 0.3 is 33.3 Å². The van der Waals surface area contributed by atoms with E-state index in [0.29, 0.717) is 41.3 Å². The second-order valence-electron chi connectivity index (χ2n) is 13.7. The van der Waals surface area contributed by atoms with Gasteiger partial charge in [-0.25, -0.2) is 15.0 Å². The van der Waals surface area contributed by atoms with Crippen molar-refractivity contribution in [2.24, 2.45) is 9.98 Å². The van der Waals surface area contributed by atoms with Crippen LogP contribution >= 0.6 is 20.2 Å². The molecule has 45 heavy (non-hydrogen) atoms. The van der Waals surface area contributed by atoms with E-state index in [2.05, 4.69) is 119 Å². The Hall–Kier alpha value is -2.04. The molecule has 3 aromatic rings. The van der Waals surface area contributed by atoms with E-state index in [0.717, 1.165) is 28.5 Å². The first-order chi connectivity index (χ1) is 21.0. The van der Waals surface area contributed by atoms with Crippen molar-refractivity contribution in [3.63, 3.8) is 0 Å². The summed E-state index contributed by atoms with van der Waals surface area (Å²) in [6.07, 6.45) is 1.83. The molecule has 2 aromatic carbocycles. The molecule has 1 heterocycles. The molecule has 0 unspecified atom stereocenters. The van der Waals surface area contributed by atoms with Gasteiger partial charge in [-0.15, -0.1) is 0 Å². The van der Waals surface area contributed by atoms with Crippen molar-refractivity contribution in [2.75, 3.05) is 0 Å². The summed E-state index contributed by atoms with van der Waals surface area (Å²) >= 11 is 0.194. The summed E-state index contributed by atoms with van der Waals surface area (Å²) in [6, 6.07) is 11.3. The standard InChI is InChI=1S/C38H54N4.2ClH.Fe/c1-21(2)29-17-31(23(5)6)36(32(18-29)24(7)8)40-27(13)35-15-16-39-38(42-35)28(14)41-37-33(25(9)10)19-30(22(3)4)20-34(37)26(11)12;;;/h15-26H,1-14H3;2*1H;/q;;;+2/p-2. The maximum atomic E-state index is 5.24. The van der Waals surface area contributed by atoms with Gasteiger partial charge < -0.3 is 0 Å². The van der Waals surface area contributed by atoms with Crippen molar-refractivity contribution in [1.29, 1.82) is 0 Å². The van der Waals surface area contributed by atoms with Gasteiger partial charge in [0.1, 0.15) is 0 Å². The summed E-state index contributed by atoms with van der Waals surface area (Å²) < 4.78 is 0. The van der Waals surface area contributed by atoms with Crippen molar-refractivity contribution in [2.45, 2.75) is 132 Å². The van der Waals surface area contributed by atoms with Crippen molar-refractivity contribution < 1.29 is 13.1 Å². The quantitative estimate of drug-likeness (QED) is 0.157. The second-order valence-corrected chi connectivity index (χ2v) is 15.6. The van der Waals surface area contributed by atoms with Crippen LogP contribution in [-0.2, 0) is 13.1 Å². The molecule has 0 aliphatic rings. The Bertz CT molecular complexity index is 1320. The van der Waals surface area contributed by atoms with E-state index >= 15 is 0 Å². The Labute approximate surface area is 288 Å². The van der Waals surface area contributed by atoms with Crippen LogP contribution in [0.25, 0.3) is 0 Å². The van der Waals surface area contributed by atoms with Crippen molar-refractivity contribution in [3.05, 3.63) is 81.4 Å². The molecule has 0 atom stereocenters. The molecule has 0 amide bonds. The van der Waals surface area contributed by atoms with Gasteiger partial charge in [-0.3, -0.25) is 4.99 Å². The van der Waals surface area contributed by atoms with Crippen molar-refractivity contribution in [1.82, 2.24) is 9.97 Å². The van der Waals surface area contributed by atoms with E-state index in [1.165, 1.54) is 33.4 Å². The fourth-order valence-corrected chi connectivity index (χ4v) is 5.27. The Morgan fingerprint density at radius 3 is 1.22 bits per heavy atom. The zero-order valence-electron chi connectivity index (χ0n) is 29.8. The number of nitrogens with zero attached hydrogens (tertiary/aromatic N) is 4. The van der Waals surface area contributed by atoms with E-state index in [4.69, 9.17) is 35.2 Å². The molecule has 0 saturated carbocycles. The first-order valence-corrected chi connectivity index (χ1v) is 19.2.